The first-order chi connectivity index (χ1) is 9.40. The van der Waals surface area contributed by atoms with Gasteiger partial charge in [-0.15, -0.1) is 0 Å². The normalized spacial score (nSPS) is 19.1. The minimum absolute atomic E-state index is 0.0328. The zero-order valence-corrected chi connectivity index (χ0v) is 13.3. The lowest BCUT2D eigenvalue weighted by Crippen LogP contribution is -2.43. The summed E-state index contributed by atoms with van der Waals surface area (Å²) in [4.78, 5) is 12.2. The number of nitrogens with one attached hydrogen (secondary N) is 2. The van der Waals surface area contributed by atoms with Crippen LogP contribution >= 0.6 is 23.2 Å². The van der Waals surface area contributed by atoms with Crippen LogP contribution in [0.25, 0.3) is 0 Å². The zero-order chi connectivity index (χ0) is 14.8. The lowest BCUT2D eigenvalue weighted by Gasteiger charge is -2.28. The third kappa shape index (κ3) is 3.66. The Morgan fingerprint density at radius 1 is 1.45 bits per heavy atom. The van der Waals surface area contributed by atoms with Crippen molar-refractivity contribution in [2.45, 2.75) is 44.7 Å². The van der Waals surface area contributed by atoms with Gasteiger partial charge in [0.2, 0.25) is 5.91 Å². The number of rotatable bonds is 4. The van der Waals surface area contributed by atoms with E-state index in [-0.39, 0.29) is 5.91 Å². The molecule has 3 nitrogen and oxygen atoms in total. The van der Waals surface area contributed by atoms with Gasteiger partial charge >= 0.3 is 0 Å². The van der Waals surface area contributed by atoms with Gasteiger partial charge < -0.3 is 10.6 Å². The molecule has 1 atom stereocenters. The van der Waals surface area contributed by atoms with Crippen molar-refractivity contribution in [3.63, 3.8) is 0 Å². The molecular weight excluding hydrogens is 295 g/mol. The van der Waals surface area contributed by atoms with E-state index in [9.17, 15) is 4.79 Å². The molecule has 0 bridgehead atoms. The minimum atomic E-state index is -0.544. The Morgan fingerprint density at radius 2 is 2.20 bits per heavy atom. The molecule has 0 unspecified atom stereocenters. The second-order valence-electron chi connectivity index (χ2n) is 5.77. The van der Waals surface area contributed by atoms with Gasteiger partial charge in [0.15, 0.2) is 0 Å². The van der Waals surface area contributed by atoms with Gasteiger partial charge in [0.05, 0.1) is 15.6 Å². The summed E-state index contributed by atoms with van der Waals surface area (Å²) in [6, 6.07) is 5.77. The van der Waals surface area contributed by atoms with Crippen molar-refractivity contribution in [3.8, 4) is 0 Å². The van der Waals surface area contributed by atoms with Crippen LogP contribution in [0.1, 0.15) is 38.7 Å². The fraction of sp³-hybridized carbons (Fsp3) is 0.533. The molecule has 1 amide bonds. The standard InChI is InChI=1S/C15H20Cl2N2O/c1-15(2,11-6-3-7-12(16)14(11)17)19-13(20)9-10-5-4-8-18-10/h3,6-7,10,18H,4-5,8-9H2,1-2H3,(H,19,20)/t10-/m0/s1. The van der Waals surface area contributed by atoms with Crippen molar-refractivity contribution in [3.05, 3.63) is 33.8 Å². The second-order valence-corrected chi connectivity index (χ2v) is 6.56. The number of hydrogen-bond donors (Lipinski definition) is 2. The highest BCUT2D eigenvalue weighted by molar-refractivity contribution is 6.42. The Labute approximate surface area is 130 Å². The maximum Gasteiger partial charge on any atom is 0.222 e. The first-order valence-electron chi connectivity index (χ1n) is 6.89. The molecule has 1 aromatic rings. The van der Waals surface area contributed by atoms with E-state index >= 15 is 0 Å². The molecule has 0 saturated carbocycles. The summed E-state index contributed by atoms with van der Waals surface area (Å²) in [5, 5.41) is 7.37. The second kappa shape index (κ2) is 6.33. The van der Waals surface area contributed by atoms with Gasteiger partial charge in [-0.05, 0) is 44.9 Å². The Bertz CT molecular complexity index is 497. The third-order valence-electron chi connectivity index (χ3n) is 3.67. The van der Waals surface area contributed by atoms with Gasteiger partial charge in [0.25, 0.3) is 0 Å². The highest BCUT2D eigenvalue weighted by atomic mass is 35.5. The van der Waals surface area contributed by atoms with E-state index in [1.807, 2.05) is 26.0 Å². The van der Waals surface area contributed by atoms with Crippen LogP contribution in [0.2, 0.25) is 10.0 Å². The summed E-state index contributed by atoms with van der Waals surface area (Å²) < 4.78 is 0. The molecule has 2 rings (SSSR count). The fourth-order valence-corrected chi connectivity index (χ4v) is 3.14. The predicted molar refractivity (Wildman–Crippen MR) is 83.3 cm³/mol. The highest BCUT2D eigenvalue weighted by Crippen LogP contribution is 2.33. The maximum atomic E-state index is 12.2. The van der Waals surface area contributed by atoms with Crippen LogP contribution in [-0.2, 0) is 10.3 Å². The number of halogens is 2. The van der Waals surface area contributed by atoms with E-state index in [2.05, 4.69) is 10.6 Å². The van der Waals surface area contributed by atoms with Gasteiger partial charge in [-0.25, -0.2) is 0 Å². The van der Waals surface area contributed by atoms with Crippen LogP contribution in [0.4, 0.5) is 0 Å². The minimum Gasteiger partial charge on any atom is -0.347 e. The average Bonchev–Trinajstić information content (AvgIpc) is 2.84. The van der Waals surface area contributed by atoms with E-state index in [0.717, 1.165) is 24.9 Å². The largest absolute Gasteiger partial charge is 0.347 e. The Kier molecular flexibility index (Phi) is 4.95. The number of hydrogen-bond acceptors (Lipinski definition) is 2. The molecular formula is C15H20Cl2N2O. The van der Waals surface area contributed by atoms with E-state index in [0.29, 0.717) is 22.5 Å². The summed E-state index contributed by atoms with van der Waals surface area (Å²) in [5.74, 6) is 0.0328. The van der Waals surface area contributed by atoms with Gasteiger partial charge in [-0.3, -0.25) is 4.79 Å². The fourth-order valence-electron chi connectivity index (χ4n) is 2.61. The lowest BCUT2D eigenvalue weighted by molar-refractivity contribution is -0.123. The molecule has 110 valence electrons. The molecule has 2 N–H and O–H groups in total. The molecule has 0 spiro atoms. The van der Waals surface area contributed by atoms with Gasteiger partial charge in [0, 0.05) is 12.5 Å². The predicted octanol–water partition coefficient (Wildman–Crippen LogP) is 3.49. The molecule has 1 saturated heterocycles. The first-order valence-corrected chi connectivity index (χ1v) is 7.64. The average molecular weight is 315 g/mol. The van der Waals surface area contributed by atoms with E-state index in [1.54, 1.807) is 6.07 Å². The van der Waals surface area contributed by atoms with Crippen molar-refractivity contribution in [1.82, 2.24) is 10.6 Å². The third-order valence-corrected chi connectivity index (χ3v) is 4.49. The molecule has 1 fully saturated rings. The maximum absolute atomic E-state index is 12.2. The van der Waals surface area contributed by atoms with Crippen LogP contribution in [0.15, 0.2) is 18.2 Å². The molecule has 0 aromatic heterocycles. The Hall–Kier alpha value is -0.770. The summed E-state index contributed by atoms with van der Waals surface area (Å²) in [5.41, 5.74) is 0.289. The van der Waals surface area contributed by atoms with Crippen molar-refractivity contribution >= 4 is 29.1 Å². The van der Waals surface area contributed by atoms with Crippen molar-refractivity contribution in [2.24, 2.45) is 0 Å². The lowest BCUT2D eigenvalue weighted by atomic mass is 9.93. The van der Waals surface area contributed by atoms with E-state index < -0.39 is 5.54 Å². The summed E-state index contributed by atoms with van der Waals surface area (Å²) in [6.07, 6.45) is 2.70. The van der Waals surface area contributed by atoms with Crippen LogP contribution in [0.3, 0.4) is 0 Å². The van der Waals surface area contributed by atoms with E-state index in [4.69, 9.17) is 23.2 Å². The Morgan fingerprint density at radius 3 is 2.85 bits per heavy atom. The van der Waals surface area contributed by atoms with Crippen molar-refractivity contribution < 1.29 is 4.79 Å². The monoisotopic (exact) mass is 314 g/mol. The topological polar surface area (TPSA) is 41.1 Å². The molecule has 1 heterocycles. The summed E-state index contributed by atoms with van der Waals surface area (Å²) in [6.45, 7) is 4.87. The van der Waals surface area contributed by atoms with Crippen LogP contribution in [0, 0.1) is 0 Å². The van der Waals surface area contributed by atoms with Crippen LogP contribution < -0.4 is 10.6 Å². The smallest absolute Gasteiger partial charge is 0.222 e. The molecule has 5 heteroatoms. The van der Waals surface area contributed by atoms with Gasteiger partial charge in [-0.1, -0.05) is 35.3 Å². The summed E-state index contributed by atoms with van der Waals surface area (Å²) >= 11 is 12.3. The van der Waals surface area contributed by atoms with Crippen molar-refractivity contribution in [1.29, 1.82) is 0 Å². The van der Waals surface area contributed by atoms with Crippen LogP contribution in [-0.4, -0.2) is 18.5 Å². The number of benzene rings is 1. The van der Waals surface area contributed by atoms with Crippen LogP contribution in [0.5, 0.6) is 0 Å². The highest BCUT2D eigenvalue weighted by Gasteiger charge is 2.27. The van der Waals surface area contributed by atoms with Gasteiger partial charge in [0.1, 0.15) is 0 Å². The van der Waals surface area contributed by atoms with Crippen molar-refractivity contribution in [2.75, 3.05) is 6.54 Å². The zero-order valence-electron chi connectivity index (χ0n) is 11.8. The molecule has 1 aromatic carbocycles. The molecule has 20 heavy (non-hydrogen) atoms. The SMILES string of the molecule is CC(C)(NC(=O)C[C@@H]1CCCN1)c1cccc(Cl)c1Cl. The molecule has 0 aliphatic carbocycles. The van der Waals surface area contributed by atoms with E-state index in [1.165, 1.54) is 0 Å². The Balaban J connectivity index is 2.05. The first kappa shape index (κ1) is 15.6. The number of carbonyl (C=O) groups is 1. The summed E-state index contributed by atoms with van der Waals surface area (Å²) in [7, 11) is 0. The molecule has 1 aliphatic heterocycles. The number of amides is 1. The molecule has 0 radical (unpaired) electrons. The van der Waals surface area contributed by atoms with Gasteiger partial charge in [-0.2, -0.15) is 0 Å². The quantitative estimate of drug-likeness (QED) is 0.893. The number of carbonyl (C=O) groups excluding carboxylic acids is 1. The molecule has 1 aliphatic rings.